The Bertz CT molecular complexity index is 423. The highest BCUT2D eigenvalue weighted by Gasteiger charge is 2.04. The van der Waals surface area contributed by atoms with Gasteiger partial charge in [-0.25, -0.2) is 4.79 Å². The molecule has 1 rings (SSSR count). The van der Waals surface area contributed by atoms with Crippen LogP contribution in [-0.2, 0) is 0 Å². The van der Waals surface area contributed by atoms with E-state index in [4.69, 9.17) is 22.5 Å². The highest BCUT2D eigenvalue weighted by molar-refractivity contribution is 6.33. The molecule has 1 aromatic rings. The number of amidine groups is 1. The van der Waals surface area contributed by atoms with Gasteiger partial charge in [-0.15, -0.1) is 0 Å². The highest BCUT2D eigenvalue weighted by Crippen LogP contribution is 2.19. The number of halogens is 1. The van der Waals surface area contributed by atoms with Gasteiger partial charge < -0.3 is 21.6 Å². The molecule has 17 heavy (non-hydrogen) atoms. The monoisotopic (exact) mass is 256 g/mol. The van der Waals surface area contributed by atoms with Crippen molar-refractivity contribution in [3.05, 3.63) is 29.3 Å². The van der Waals surface area contributed by atoms with Crippen LogP contribution in [0.25, 0.3) is 0 Å². The molecule has 5 N–H and O–H groups in total. The second-order valence-corrected chi connectivity index (χ2v) is 3.61. The fourth-order valence-electron chi connectivity index (χ4n) is 1.08. The van der Waals surface area contributed by atoms with Gasteiger partial charge in [0, 0.05) is 13.0 Å². The Morgan fingerprint density at radius 1 is 1.47 bits per heavy atom. The van der Waals surface area contributed by atoms with Crippen LogP contribution in [0.2, 0.25) is 5.02 Å². The number of anilines is 1. The molecule has 0 aromatic heterocycles. The number of amides is 2. The molecule has 0 radical (unpaired) electrons. The zero-order chi connectivity index (χ0) is 12.7. The van der Waals surface area contributed by atoms with Crippen LogP contribution in [0, 0.1) is 0 Å². The molecule has 0 aliphatic rings. The van der Waals surface area contributed by atoms with Gasteiger partial charge in [0.2, 0.25) is 0 Å². The van der Waals surface area contributed by atoms with Crippen molar-refractivity contribution in [1.29, 1.82) is 0 Å². The average Bonchev–Trinajstić information content (AvgIpc) is 2.32. The van der Waals surface area contributed by atoms with Crippen molar-refractivity contribution in [3.63, 3.8) is 0 Å². The first-order chi connectivity index (χ1) is 8.13. The third-order valence-corrected chi connectivity index (χ3v) is 2.25. The first kappa shape index (κ1) is 13.1. The van der Waals surface area contributed by atoms with Crippen LogP contribution < -0.4 is 16.4 Å². The molecule has 0 heterocycles. The van der Waals surface area contributed by atoms with E-state index in [1.807, 2.05) is 0 Å². The van der Waals surface area contributed by atoms with Gasteiger partial charge in [-0.3, -0.25) is 0 Å². The van der Waals surface area contributed by atoms with Crippen molar-refractivity contribution in [2.45, 2.75) is 6.42 Å². The number of rotatable bonds is 4. The van der Waals surface area contributed by atoms with Crippen molar-refractivity contribution in [2.24, 2.45) is 10.9 Å². The smallest absolute Gasteiger partial charge is 0.319 e. The van der Waals surface area contributed by atoms with Gasteiger partial charge in [0.1, 0.15) is 5.84 Å². The van der Waals surface area contributed by atoms with E-state index >= 15 is 0 Å². The summed E-state index contributed by atoms with van der Waals surface area (Å²) < 4.78 is 0. The molecule has 6 nitrogen and oxygen atoms in total. The number of carbonyl (C=O) groups excluding carboxylic acids is 1. The van der Waals surface area contributed by atoms with Crippen LogP contribution in [0.3, 0.4) is 0 Å². The third-order valence-electron chi connectivity index (χ3n) is 1.92. The molecular weight excluding hydrogens is 244 g/mol. The SMILES string of the molecule is NC(CCNC(=O)Nc1ccccc1Cl)=NO. The van der Waals surface area contributed by atoms with E-state index in [9.17, 15) is 4.79 Å². The number of benzene rings is 1. The van der Waals surface area contributed by atoms with E-state index in [1.54, 1.807) is 24.3 Å². The number of nitrogens with two attached hydrogens (primary N) is 1. The topological polar surface area (TPSA) is 99.7 Å². The molecule has 0 saturated heterocycles. The van der Waals surface area contributed by atoms with Crippen LogP contribution in [0.4, 0.5) is 10.5 Å². The lowest BCUT2D eigenvalue weighted by Crippen LogP contribution is -2.31. The summed E-state index contributed by atoms with van der Waals surface area (Å²) in [5.74, 6) is 0.0584. The number of hydrogen-bond acceptors (Lipinski definition) is 3. The van der Waals surface area contributed by atoms with E-state index in [0.29, 0.717) is 10.7 Å². The number of urea groups is 1. The molecule has 1 aromatic carbocycles. The summed E-state index contributed by atoms with van der Waals surface area (Å²) >= 11 is 5.86. The Morgan fingerprint density at radius 3 is 2.82 bits per heavy atom. The van der Waals surface area contributed by atoms with Crippen LogP contribution in [-0.4, -0.2) is 23.6 Å². The second kappa shape index (κ2) is 6.59. The van der Waals surface area contributed by atoms with Gasteiger partial charge in [-0.2, -0.15) is 0 Å². The Kier molecular flexibility index (Phi) is 5.09. The number of oxime groups is 1. The average molecular weight is 257 g/mol. The zero-order valence-electron chi connectivity index (χ0n) is 8.98. The minimum atomic E-state index is -0.399. The molecule has 0 bridgehead atoms. The van der Waals surface area contributed by atoms with Crippen molar-refractivity contribution < 1.29 is 10.0 Å². The molecule has 7 heteroatoms. The van der Waals surface area contributed by atoms with Crippen LogP contribution in [0.15, 0.2) is 29.4 Å². The number of carbonyl (C=O) groups is 1. The van der Waals surface area contributed by atoms with Gasteiger partial charge in [0.05, 0.1) is 10.7 Å². The van der Waals surface area contributed by atoms with Crippen molar-refractivity contribution in [2.75, 3.05) is 11.9 Å². The van der Waals surface area contributed by atoms with Gasteiger partial charge >= 0.3 is 6.03 Å². The van der Waals surface area contributed by atoms with E-state index in [1.165, 1.54) is 0 Å². The third kappa shape index (κ3) is 4.60. The Morgan fingerprint density at radius 2 is 2.18 bits per heavy atom. The molecule has 0 saturated carbocycles. The first-order valence-electron chi connectivity index (χ1n) is 4.89. The minimum Gasteiger partial charge on any atom is -0.409 e. The summed E-state index contributed by atoms with van der Waals surface area (Å²) in [7, 11) is 0. The molecule has 2 amide bonds. The van der Waals surface area contributed by atoms with E-state index in [0.717, 1.165) is 0 Å². The molecular formula is C10H13ClN4O2. The molecule has 92 valence electrons. The first-order valence-corrected chi connectivity index (χ1v) is 5.27. The maximum absolute atomic E-state index is 11.4. The van der Waals surface area contributed by atoms with Gasteiger partial charge in [-0.05, 0) is 12.1 Å². The molecule has 0 unspecified atom stereocenters. The quantitative estimate of drug-likeness (QED) is 0.285. The lowest BCUT2D eigenvalue weighted by molar-refractivity contribution is 0.252. The van der Waals surface area contributed by atoms with Crippen molar-refractivity contribution in [3.8, 4) is 0 Å². The zero-order valence-corrected chi connectivity index (χ0v) is 9.74. The molecule has 0 atom stereocenters. The van der Waals surface area contributed by atoms with Crippen molar-refractivity contribution >= 4 is 29.2 Å². The molecule has 0 fully saturated rings. The lowest BCUT2D eigenvalue weighted by atomic mass is 10.3. The molecule has 0 spiro atoms. The van der Waals surface area contributed by atoms with Crippen LogP contribution >= 0.6 is 11.6 Å². The van der Waals surface area contributed by atoms with Gasteiger partial charge in [0.25, 0.3) is 0 Å². The predicted molar refractivity (Wildman–Crippen MR) is 66.5 cm³/mol. The number of para-hydroxylation sites is 1. The Labute approximate surface area is 103 Å². The molecule has 0 aliphatic carbocycles. The normalized spacial score (nSPS) is 11.0. The highest BCUT2D eigenvalue weighted by atomic mass is 35.5. The van der Waals surface area contributed by atoms with Gasteiger partial charge in [-0.1, -0.05) is 28.9 Å². The van der Waals surface area contributed by atoms with E-state index < -0.39 is 6.03 Å². The fourth-order valence-corrected chi connectivity index (χ4v) is 1.27. The lowest BCUT2D eigenvalue weighted by Gasteiger charge is -2.08. The number of nitrogens with one attached hydrogen (secondary N) is 2. The van der Waals surface area contributed by atoms with E-state index in [-0.39, 0.29) is 18.8 Å². The van der Waals surface area contributed by atoms with Crippen LogP contribution in [0.5, 0.6) is 0 Å². The Hall–Kier alpha value is -1.95. The second-order valence-electron chi connectivity index (χ2n) is 3.20. The summed E-state index contributed by atoms with van der Waals surface area (Å²) in [4.78, 5) is 11.4. The van der Waals surface area contributed by atoms with Crippen molar-refractivity contribution in [1.82, 2.24) is 5.32 Å². The summed E-state index contributed by atoms with van der Waals surface area (Å²) in [5, 5.41) is 16.7. The van der Waals surface area contributed by atoms with Crippen LogP contribution in [0.1, 0.15) is 6.42 Å². The fraction of sp³-hybridized carbons (Fsp3) is 0.200. The number of hydrogen-bond donors (Lipinski definition) is 4. The number of nitrogens with zero attached hydrogens (tertiary/aromatic N) is 1. The predicted octanol–water partition coefficient (Wildman–Crippen LogP) is 1.60. The summed E-state index contributed by atoms with van der Waals surface area (Å²) in [6.45, 7) is 0.270. The summed E-state index contributed by atoms with van der Waals surface area (Å²) in [6, 6.07) is 6.49. The van der Waals surface area contributed by atoms with Gasteiger partial charge in [0.15, 0.2) is 0 Å². The Balaban J connectivity index is 2.38. The summed E-state index contributed by atoms with van der Waals surface area (Å²) in [6.07, 6.45) is 0.270. The molecule has 0 aliphatic heterocycles. The largest absolute Gasteiger partial charge is 0.409 e. The standard InChI is InChI=1S/C10H13ClN4O2/c11-7-3-1-2-4-8(7)14-10(16)13-6-5-9(12)15-17/h1-4,17H,5-6H2,(H2,12,15)(H2,13,14,16). The minimum absolute atomic E-state index is 0.0584. The maximum atomic E-state index is 11.4. The van der Waals surface area contributed by atoms with E-state index in [2.05, 4.69) is 15.8 Å². The summed E-state index contributed by atoms with van der Waals surface area (Å²) in [5.41, 5.74) is 5.77. The maximum Gasteiger partial charge on any atom is 0.319 e.